The first kappa shape index (κ1) is 17.5. The van der Waals surface area contributed by atoms with Gasteiger partial charge in [-0.2, -0.15) is 0 Å². The van der Waals surface area contributed by atoms with E-state index in [0.717, 1.165) is 43.7 Å². The van der Waals surface area contributed by atoms with E-state index in [4.69, 9.17) is 5.11 Å². The number of nitrogens with zero attached hydrogens (tertiary/aromatic N) is 3. The Morgan fingerprint density at radius 2 is 2.24 bits per heavy atom. The summed E-state index contributed by atoms with van der Waals surface area (Å²) in [4.78, 5) is 31.4. The molecule has 0 aliphatic carbocycles. The number of carboxylic acids is 1. The smallest absolute Gasteiger partial charge is 0.320 e. The third kappa shape index (κ3) is 4.21. The molecule has 3 heterocycles. The number of fused-ring (bicyclic) bond motifs is 1. The molecule has 1 aromatic heterocycles. The summed E-state index contributed by atoms with van der Waals surface area (Å²) in [5.41, 5.74) is 2.34. The van der Waals surface area contributed by atoms with Crippen molar-refractivity contribution in [3.05, 3.63) is 23.4 Å². The predicted molar refractivity (Wildman–Crippen MR) is 94.8 cm³/mol. The fraction of sp³-hybridized carbons (Fsp3) is 0.611. The van der Waals surface area contributed by atoms with Crippen LogP contribution in [0.4, 0.5) is 10.6 Å². The Morgan fingerprint density at radius 3 is 3.04 bits per heavy atom. The number of nitrogens with one attached hydrogen (secondary N) is 1. The lowest BCUT2D eigenvalue weighted by Gasteiger charge is -2.23. The van der Waals surface area contributed by atoms with E-state index >= 15 is 0 Å². The minimum atomic E-state index is -0.870. The predicted octanol–water partition coefficient (Wildman–Crippen LogP) is 1.97. The number of aryl methyl sites for hydroxylation is 2. The van der Waals surface area contributed by atoms with Crippen molar-refractivity contribution in [1.29, 1.82) is 0 Å². The minimum Gasteiger partial charge on any atom is -0.481 e. The zero-order valence-corrected chi connectivity index (χ0v) is 14.7. The highest BCUT2D eigenvalue weighted by Gasteiger charge is 2.32. The molecule has 25 heavy (non-hydrogen) atoms. The summed E-state index contributed by atoms with van der Waals surface area (Å²) in [5, 5.41) is 12.2. The molecule has 1 atom stereocenters. The molecule has 0 unspecified atom stereocenters. The Bertz CT molecular complexity index is 649. The van der Waals surface area contributed by atoms with Gasteiger partial charge in [-0.05, 0) is 44.2 Å². The van der Waals surface area contributed by atoms with Crippen LogP contribution < -0.4 is 5.32 Å². The molecule has 2 amide bonds. The molecule has 0 radical (unpaired) electrons. The highest BCUT2D eigenvalue weighted by Crippen LogP contribution is 2.20. The van der Waals surface area contributed by atoms with Gasteiger partial charge in [-0.1, -0.05) is 6.07 Å². The molecule has 7 nitrogen and oxygen atoms in total. The summed E-state index contributed by atoms with van der Waals surface area (Å²) >= 11 is 0. The van der Waals surface area contributed by atoms with Gasteiger partial charge in [0.1, 0.15) is 5.82 Å². The van der Waals surface area contributed by atoms with E-state index in [1.54, 1.807) is 11.8 Å². The fourth-order valence-corrected chi connectivity index (χ4v) is 3.54. The van der Waals surface area contributed by atoms with Crippen molar-refractivity contribution in [1.82, 2.24) is 14.8 Å². The number of carboxylic acid groups (broad SMARTS) is 1. The zero-order chi connectivity index (χ0) is 17.8. The zero-order valence-electron chi connectivity index (χ0n) is 14.7. The molecule has 0 spiro atoms. The van der Waals surface area contributed by atoms with Crippen molar-refractivity contribution in [2.24, 2.45) is 0 Å². The SMILES string of the molecule is C[C@H](CC(=O)O)N1CCN(CCCc2ccc3c(n2)NCCC3)C1=O. The van der Waals surface area contributed by atoms with Crippen LogP contribution in [0.2, 0.25) is 0 Å². The third-order valence-electron chi connectivity index (χ3n) is 4.94. The molecule has 1 saturated heterocycles. The summed E-state index contributed by atoms with van der Waals surface area (Å²) in [7, 11) is 0. The van der Waals surface area contributed by atoms with Gasteiger partial charge in [0.2, 0.25) is 0 Å². The van der Waals surface area contributed by atoms with Crippen molar-refractivity contribution in [3.63, 3.8) is 0 Å². The summed E-state index contributed by atoms with van der Waals surface area (Å²) in [5.74, 6) is 0.139. The highest BCUT2D eigenvalue weighted by atomic mass is 16.4. The average Bonchev–Trinajstić information content (AvgIpc) is 2.95. The van der Waals surface area contributed by atoms with Crippen LogP contribution in [0, 0.1) is 0 Å². The quantitative estimate of drug-likeness (QED) is 0.788. The molecule has 3 rings (SSSR count). The number of amides is 2. The van der Waals surface area contributed by atoms with Crippen LogP contribution in [0.5, 0.6) is 0 Å². The number of anilines is 1. The molecule has 1 aromatic rings. The van der Waals surface area contributed by atoms with Crippen molar-refractivity contribution >= 4 is 17.8 Å². The number of hydrogen-bond donors (Lipinski definition) is 2. The molecule has 0 saturated carbocycles. The molecular formula is C18H26N4O3. The maximum atomic E-state index is 12.4. The number of hydrogen-bond acceptors (Lipinski definition) is 4. The van der Waals surface area contributed by atoms with E-state index in [2.05, 4.69) is 22.4 Å². The second-order valence-corrected chi connectivity index (χ2v) is 6.85. The first-order valence-corrected chi connectivity index (χ1v) is 9.04. The molecule has 7 heteroatoms. The molecular weight excluding hydrogens is 320 g/mol. The fourth-order valence-electron chi connectivity index (χ4n) is 3.54. The Morgan fingerprint density at radius 1 is 1.40 bits per heavy atom. The molecule has 1 fully saturated rings. The molecule has 2 aliphatic heterocycles. The summed E-state index contributed by atoms with van der Waals surface area (Å²) in [6.07, 6.45) is 3.93. The van der Waals surface area contributed by atoms with E-state index in [9.17, 15) is 9.59 Å². The van der Waals surface area contributed by atoms with Crippen molar-refractivity contribution in [3.8, 4) is 0 Å². The second-order valence-electron chi connectivity index (χ2n) is 6.85. The summed E-state index contributed by atoms with van der Waals surface area (Å²) < 4.78 is 0. The standard InChI is InChI=1S/C18H26N4O3/c1-13(12-16(23)24)22-11-10-21(18(22)25)9-3-5-15-7-6-14-4-2-8-19-17(14)20-15/h6-7,13H,2-5,8-12H2,1H3,(H,19,20)(H,23,24)/t13-/m1/s1. The highest BCUT2D eigenvalue weighted by molar-refractivity contribution is 5.78. The lowest BCUT2D eigenvalue weighted by Crippen LogP contribution is -2.39. The number of carbonyl (C=O) groups excluding carboxylic acids is 1. The van der Waals surface area contributed by atoms with Gasteiger partial charge in [-0.15, -0.1) is 0 Å². The average molecular weight is 346 g/mol. The molecule has 2 aliphatic rings. The van der Waals surface area contributed by atoms with E-state index in [1.807, 2.05) is 4.90 Å². The van der Waals surface area contributed by atoms with Crippen LogP contribution in [-0.4, -0.2) is 64.1 Å². The largest absolute Gasteiger partial charge is 0.481 e. The first-order chi connectivity index (χ1) is 12.0. The van der Waals surface area contributed by atoms with Gasteiger partial charge in [-0.3, -0.25) is 4.79 Å². The third-order valence-corrected chi connectivity index (χ3v) is 4.94. The summed E-state index contributed by atoms with van der Waals surface area (Å²) in [6.45, 7) is 4.73. The van der Waals surface area contributed by atoms with Crippen molar-refractivity contribution in [2.45, 2.75) is 45.1 Å². The number of aromatic nitrogens is 1. The van der Waals surface area contributed by atoms with E-state index in [0.29, 0.717) is 19.6 Å². The number of urea groups is 1. The Hall–Kier alpha value is -2.31. The number of aliphatic carboxylic acids is 1. The van der Waals surface area contributed by atoms with Crippen molar-refractivity contribution < 1.29 is 14.7 Å². The van der Waals surface area contributed by atoms with Crippen LogP contribution in [0.3, 0.4) is 0 Å². The maximum Gasteiger partial charge on any atom is 0.320 e. The van der Waals surface area contributed by atoms with Gasteiger partial charge in [0.15, 0.2) is 0 Å². The Kier molecular flexibility index (Phi) is 5.40. The molecule has 136 valence electrons. The Labute approximate surface area is 148 Å². The Balaban J connectivity index is 1.48. The van der Waals surface area contributed by atoms with Crippen LogP contribution in [0.1, 0.15) is 37.4 Å². The number of pyridine rings is 1. The lowest BCUT2D eigenvalue weighted by atomic mass is 10.1. The lowest BCUT2D eigenvalue weighted by molar-refractivity contribution is -0.137. The number of rotatable bonds is 7. The minimum absolute atomic E-state index is 0.00831. The maximum absolute atomic E-state index is 12.4. The van der Waals surface area contributed by atoms with Crippen molar-refractivity contribution in [2.75, 3.05) is 31.5 Å². The molecule has 0 aromatic carbocycles. The van der Waals surface area contributed by atoms with E-state index in [1.165, 1.54) is 5.56 Å². The topological polar surface area (TPSA) is 85.8 Å². The van der Waals surface area contributed by atoms with Gasteiger partial charge in [0, 0.05) is 37.9 Å². The molecule has 0 bridgehead atoms. The van der Waals surface area contributed by atoms with Crippen LogP contribution in [0.25, 0.3) is 0 Å². The van der Waals surface area contributed by atoms with E-state index < -0.39 is 5.97 Å². The van der Waals surface area contributed by atoms with Crippen LogP contribution in [0.15, 0.2) is 12.1 Å². The summed E-state index contributed by atoms with van der Waals surface area (Å²) in [6, 6.07) is 3.93. The van der Waals surface area contributed by atoms with Gasteiger partial charge in [0.25, 0.3) is 0 Å². The van der Waals surface area contributed by atoms with Gasteiger partial charge >= 0.3 is 12.0 Å². The first-order valence-electron chi connectivity index (χ1n) is 9.04. The normalized spacial score (nSPS) is 18.0. The second kappa shape index (κ2) is 7.72. The van der Waals surface area contributed by atoms with Gasteiger partial charge in [-0.25, -0.2) is 9.78 Å². The van der Waals surface area contributed by atoms with Gasteiger partial charge in [0.05, 0.1) is 6.42 Å². The van der Waals surface area contributed by atoms with E-state index in [-0.39, 0.29) is 18.5 Å². The monoisotopic (exact) mass is 346 g/mol. The number of carbonyl (C=O) groups is 2. The molecule has 2 N–H and O–H groups in total. The van der Waals surface area contributed by atoms with Crippen LogP contribution >= 0.6 is 0 Å². The van der Waals surface area contributed by atoms with Gasteiger partial charge < -0.3 is 20.2 Å². The van der Waals surface area contributed by atoms with Crippen LogP contribution in [-0.2, 0) is 17.6 Å².